The number of aliphatic hydroxyl groups is 1. The van der Waals surface area contributed by atoms with Crippen molar-refractivity contribution in [1.82, 2.24) is 0 Å². The lowest BCUT2D eigenvalue weighted by atomic mass is 9.68. The molecule has 0 aromatic rings. The van der Waals surface area contributed by atoms with Crippen molar-refractivity contribution in [3.8, 4) is 0 Å². The van der Waals surface area contributed by atoms with Crippen molar-refractivity contribution in [2.24, 2.45) is 11.3 Å². The Morgan fingerprint density at radius 3 is 2.23 bits per heavy atom. The number of hydrogen-bond donors (Lipinski definition) is 1. The average molecular weight is 184 g/mol. The monoisotopic (exact) mass is 184 g/mol. The van der Waals surface area contributed by atoms with Crippen LogP contribution in [-0.4, -0.2) is 11.7 Å². The van der Waals surface area contributed by atoms with Crippen LogP contribution in [0.3, 0.4) is 0 Å². The first-order chi connectivity index (χ1) is 6.18. The Bertz CT molecular complexity index is 129. The lowest BCUT2D eigenvalue weighted by Crippen LogP contribution is -2.27. The second-order valence-electron chi connectivity index (χ2n) is 5.13. The number of hydrogen-bond acceptors (Lipinski definition) is 1. The summed E-state index contributed by atoms with van der Waals surface area (Å²) in [7, 11) is 0. The molecule has 1 heteroatoms. The van der Waals surface area contributed by atoms with Crippen molar-refractivity contribution >= 4 is 0 Å². The van der Waals surface area contributed by atoms with Crippen LogP contribution in [0.15, 0.2) is 0 Å². The SMILES string of the molecule is CC(C)CC1(CCO)CCCCC1. The van der Waals surface area contributed by atoms with E-state index in [0.29, 0.717) is 12.0 Å². The van der Waals surface area contributed by atoms with Crippen LogP contribution in [0.5, 0.6) is 0 Å². The van der Waals surface area contributed by atoms with Crippen LogP contribution in [-0.2, 0) is 0 Å². The minimum atomic E-state index is 0.382. The number of aliphatic hydroxyl groups excluding tert-OH is 1. The molecule has 1 N–H and O–H groups in total. The molecule has 0 saturated heterocycles. The predicted octanol–water partition coefficient (Wildman–Crippen LogP) is 3.37. The summed E-state index contributed by atoms with van der Waals surface area (Å²) in [5.74, 6) is 0.782. The maximum Gasteiger partial charge on any atom is 0.0436 e. The van der Waals surface area contributed by atoms with Crippen molar-refractivity contribution < 1.29 is 5.11 Å². The molecule has 0 heterocycles. The molecule has 1 nitrogen and oxygen atoms in total. The Hall–Kier alpha value is -0.0400. The van der Waals surface area contributed by atoms with Gasteiger partial charge in [-0.25, -0.2) is 0 Å². The van der Waals surface area contributed by atoms with E-state index in [4.69, 9.17) is 5.11 Å². The maximum atomic E-state index is 9.10. The van der Waals surface area contributed by atoms with Gasteiger partial charge in [0.2, 0.25) is 0 Å². The van der Waals surface area contributed by atoms with Gasteiger partial charge in [0.15, 0.2) is 0 Å². The summed E-state index contributed by atoms with van der Waals surface area (Å²) in [6.45, 7) is 4.98. The van der Waals surface area contributed by atoms with E-state index in [1.165, 1.54) is 38.5 Å². The zero-order valence-electron chi connectivity index (χ0n) is 9.18. The first kappa shape index (κ1) is 11.0. The summed E-state index contributed by atoms with van der Waals surface area (Å²) in [5.41, 5.74) is 0.501. The molecule has 0 radical (unpaired) electrons. The molecule has 0 aromatic carbocycles. The normalized spacial score (nSPS) is 22.2. The van der Waals surface area contributed by atoms with Crippen LogP contribution < -0.4 is 0 Å². The molecule has 0 atom stereocenters. The molecule has 0 aliphatic heterocycles. The van der Waals surface area contributed by atoms with Crippen molar-refractivity contribution in [3.05, 3.63) is 0 Å². The summed E-state index contributed by atoms with van der Waals surface area (Å²) in [6, 6.07) is 0. The molecule has 0 unspecified atom stereocenters. The van der Waals surface area contributed by atoms with Crippen molar-refractivity contribution in [1.29, 1.82) is 0 Å². The molecular formula is C12H24O. The molecule has 0 bridgehead atoms. The van der Waals surface area contributed by atoms with Crippen LogP contribution in [0.1, 0.15) is 58.8 Å². The fourth-order valence-electron chi connectivity index (χ4n) is 2.96. The van der Waals surface area contributed by atoms with Gasteiger partial charge in [0.25, 0.3) is 0 Å². The zero-order chi connectivity index (χ0) is 9.73. The smallest absolute Gasteiger partial charge is 0.0436 e. The summed E-state index contributed by atoms with van der Waals surface area (Å²) in [4.78, 5) is 0. The fraction of sp³-hybridized carbons (Fsp3) is 1.00. The quantitative estimate of drug-likeness (QED) is 0.710. The fourth-order valence-corrected chi connectivity index (χ4v) is 2.96. The van der Waals surface area contributed by atoms with Gasteiger partial charge < -0.3 is 5.11 Å². The second kappa shape index (κ2) is 4.99. The van der Waals surface area contributed by atoms with Crippen LogP contribution >= 0.6 is 0 Å². The third-order valence-electron chi connectivity index (χ3n) is 3.40. The molecule has 0 aromatic heterocycles. The largest absolute Gasteiger partial charge is 0.396 e. The lowest BCUT2D eigenvalue weighted by molar-refractivity contribution is 0.103. The van der Waals surface area contributed by atoms with Gasteiger partial charge in [0, 0.05) is 6.61 Å². The summed E-state index contributed by atoms with van der Waals surface area (Å²) < 4.78 is 0. The molecule has 0 amide bonds. The van der Waals surface area contributed by atoms with E-state index in [-0.39, 0.29) is 0 Å². The standard InChI is InChI=1S/C12H24O/c1-11(2)10-12(8-9-13)6-4-3-5-7-12/h11,13H,3-10H2,1-2H3. The average Bonchev–Trinajstić information content (AvgIpc) is 2.04. The molecule has 1 aliphatic carbocycles. The van der Waals surface area contributed by atoms with Crippen molar-refractivity contribution in [2.45, 2.75) is 58.8 Å². The molecule has 1 aliphatic rings. The molecule has 13 heavy (non-hydrogen) atoms. The second-order valence-corrected chi connectivity index (χ2v) is 5.13. The third-order valence-corrected chi connectivity index (χ3v) is 3.40. The highest BCUT2D eigenvalue weighted by molar-refractivity contribution is 4.83. The van der Waals surface area contributed by atoms with Crippen LogP contribution in [0.25, 0.3) is 0 Å². The Morgan fingerprint density at radius 1 is 1.15 bits per heavy atom. The molecule has 78 valence electrons. The molecule has 1 fully saturated rings. The highest BCUT2D eigenvalue weighted by Gasteiger charge is 2.31. The molecular weight excluding hydrogens is 160 g/mol. The van der Waals surface area contributed by atoms with Gasteiger partial charge in [-0.1, -0.05) is 33.1 Å². The summed E-state index contributed by atoms with van der Waals surface area (Å²) in [6.07, 6.45) is 9.22. The third kappa shape index (κ3) is 3.30. The topological polar surface area (TPSA) is 20.2 Å². The Balaban J connectivity index is 2.50. The van der Waals surface area contributed by atoms with Gasteiger partial charge in [-0.15, -0.1) is 0 Å². The van der Waals surface area contributed by atoms with E-state index in [1.807, 2.05) is 0 Å². The summed E-state index contributed by atoms with van der Waals surface area (Å²) in [5, 5.41) is 9.10. The van der Waals surface area contributed by atoms with E-state index < -0.39 is 0 Å². The summed E-state index contributed by atoms with van der Waals surface area (Å²) >= 11 is 0. The lowest BCUT2D eigenvalue weighted by Gasteiger charge is -2.38. The van der Waals surface area contributed by atoms with E-state index in [1.54, 1.807) is 0 Å². The number of rotatable bonds is 4. The molecule has 1 saturated carbocycles. The van der Waals surface area contributed by atoms with E-state index in [2.05, 4.69) is 13.8 Å². The van der Waals surface area contributed by atoms with E-state index in [0.717, 1.165) is 12.3 Å². The highest BCUT2D eigenvalue weighted by Crippen LogP contribution is 2.43. The van der Waals surface area contributed by atoms with E-state index >= 15 is 0 Å². The van der Waals surface area contributed by atoms with Gasteiger partial charge in [0.1, 0.15) is 0 Å². The highest BCUT2D eigenvalue weighted by atomic mass is 16.3. The minimum Gasteiger partial charge on any atom is -0.396 e. The van der Waals surface area contributed by atoms with Crippen molar-refractivity contribution in [2.75, 3.05) is 6.61 Å². The van der Waals surface area contributed by atoms with Crippen LogP contribution in [0.4, 0.5) is 0 Å². The van der Waals surface area contributed by atoms with Gasteiger partial charge >= 0.3 is 0 Å². The van der Waals surface area contributed by atoms with E-state index in [9.17, 15) is 0 Å². The first-order valence-corrected chi connectivity index (χ1v) is 5.79. The van der Waals surface area contributed by atoms with Gasteiger partial charge in [-0.2, -0.15) is 0 Å². The first-order valence-electron chi connectivity index (χ1n) is 5.79. The Morgan fingerprint density at radius 2 is 1.77 bits per heavy atom. The van der Waals surface area contributed by atoms with Crippen LogP contribution in [0.2, 0.25) is 0 Å². The van der Waals surface area contributed by atoms with Gasteiger partial charge in [0.05, 0.1) is 0 Å². The van der Waals surface area contributed by atoms with Gasteiger partial charge in [-0.3, -0.25) is 0 Å². The molecule has 0 spiro atoms. The van der Waals surface area contributed by atoms with Gasteiger partial charge in [-0.05, 0) is 37.0 Å². The zero-order valence-corrected chi connectivity index (χ0v) is 9.18. The predicted molar refractivity (Wildman–Crippen MR) is 56.7 cm³/mol. The molecule has 1 rings (SSSR count). The minimum absolute atomic E-state index is 0.382. The Labute approximate surface area is 82.5 Å². The maximum absolute atomic E-state index is 9.10. The Kier molecular flexibility index (Phi) is 4.24. The van der Waals surface area contributed by atoms with Crippen LogP contribution in [0, 0.1) is 11.3 Å². The van der Waals surface area contributed by atoms with Crippen molar-refractivity contribution in [3.63, 3.8) is 0 Å².